The van der Waals surface area contributed by atoms with Gasteiger partial charge in [0.1, 0.15) is 0 Å². The van der Waals surface area contributed by atoms with Crippen LogP contribution in [0.1, 0.15) is 57.9 Å². The molecule has 0 spiro atoms. The van der Waals surface area contributed by atoms with Crippen LogP contribution in [0.3, 0.4) is 0 Å². The summed E-state index contributed by atoms with van der Waals surface area (Å²) in [6.07, 6.45) is 8.87. The lowest BCUT2D eigenvalue weighted by Gasteiger charge is -2.18. The summed E-state index contributed by atoms with van der Waals surface area (Å²) >= 11 is 0. The van der Waals surface area contributed by atoms with Gasteiger partial charge in [-0.05, 0) is 56.7 Å². The zero-order valence-corrected chi connectivity index (χ0v) is 13.4. The average molecular weight is 289 g/mol. The van der Waals surface area contributed by atoms with Crippen molar-refractivity contribution in [3.05, 3.63) is 29.8 Å². The first-order valence-corrected chi connectivity index (χ1v) is 8.44. The summed E-state index contributed by atoms with van der Waals surface area (Å²) in [5.74, 6) is 0.114. The van der Waals surface area contributed by atoms with Gasteiger partial charge >= 0.3 is 0 Å². The maximum Gasteiger partial charge on any atom is 0.282 e. The highest BCUT2D eigenvalue weighted by Crippen LogP contribution is 2.15. The lowest BCUT2D eigenvalue weighted by atomic mass is 10.1. The van der Waals surface area contributed by atoms with Crippen LogP contribution < -0.4 is 10.6 Å². The standard InChI is InChI=1S/C18H28N2O/c1-3-15-10-12-17(13-11-15)20-18(21)14(2)19-16-8-6-4-5-7-9-16/h10-14,16,19H,3-9H2,1-2H3,(H,20,21)/p+1/t14-/m0/s1. The van der Waals surface area contributed by atoms with E-state index in [1.807, 2.05) is 19.1 Å². The van der Waals surface area contributed by atoms with Crippen molar-refractivity contribution in [1.29, 1.82) is 0 Å². The monoisotopic (exact) mass is 289 g/mol. The molecule has 0 aromatic heterocycles. The Balaban J connectivity index is 1.83. The molecule has 1 aliphatic carbocycles. The van der Waals surface area contributed by atoms with Crippen LogP contribution in [-0.2, 0) is 11.2 Å². The van der Waals surface area contributed by atoms with Crippen LogP contribution in [-0.4, -0.2) is 18.0 Å². The highest BCUT2D eigenvalue weighted by atomic mass is 16.2. The van der Waals surface area contributed by atoms with Crippen molar-refractivity contribution in [2.45, 2.75) is 70.9 Å². The fraction of sp³-hybridized carbons (Fsp3) is 0.611. The van der Waals surface area contributed by atoms with Gasteiger partial charge in [-0.2, -0.15) is 0 Å². The Morgan fingerprint density at radius 2 is 1.81 bits per heavy atom. The first-order valence-electron chi connectivity index (χ1n) is 8.44. The summed E-state index contributed by atoms with van der Waals surface area (Å²) in [5, 5.41) is 5.29. The third-order valence-electron chi connectivity index (χ3n) is 4.50. The number of hydrogen-bond acceptors (Lipinski definition) is 1. The molecule has 1 saturated carbocycles. The van der Waals surface area contributed by atoms with Gasteiger partial charge in [-0.1, -0.05) is 31.9 Å². The molecule has 1 aliphatic rings. The molecule has 1 aromatic rings. The summed E-state index contributed by atoms with van der Waals surface area (Å²) in [6, 6.07) is 8.75. The molecule has 0 saturated heterocycles. The van der Waals surface area contributed by atoms with Crippen LogP contribution in [0.25, 0.3) is 0 Å². The summed E-state index contributed by atoms with van der Waals surface area (Å²) in [5.41, 5.74) is 2.20. The van der Waals surface area contributed by atoms with E-state index in [4.69, 9.17) is 0 Å². The molecule has 1 amide bonds. The predicted octanol–water partition coefficient (Wildman–Crippen LogP) is 2.86. The number of carbonyl (C=O) groups excluding carboxylic acids is 1. The van der Waals surface area contributed by atoms with Crippen LogP contribution in [0.5, 0.6) is 0 Å². The Kier molecular flexibility index (Phi) is 6.24. The molecule has 1 atom stereocenters. The first kappa shape index (κ1) is 16.0. The van der Waals surface area contributed by atoms with E-state index in [0.29, 0.717) is 6.04 Å². The zero-order chi connectivity index (χ0) is 15.1. The van der Waals surface area contributed by atoms with Crippen molar-refractivity contribution in [2.24, 2.45) is 0 Å². The van der Waals surface area contributed by atoms with E-state index in [9.17, 15) is 4.79 Å². The molecule has 1 fully saturated rings. The molecular weight excluding hydrogens is 260 g/mol. The molecule has 0 aliphatic heterocycles. The Morgan fingerprint density at radius 3 is 2.38 bits per heavy atom. The van der Waals surface area contributed by atoms with Gasteiger partial charge in [0.15, 0.2) is 6.04 Å². The molecule has 116 valence electrons. The number of nitrogens with two attached hydrogens (primary N) is 1. The van der Waals surface area contributed by atoms with Crippen LogP contribution >= 0.6 is 0 Å². The quantitative estimate of drug-likeness (QED) is 0.804. The van der Waals surface area contributed by atoms with Crippen LogP contribution in [0.4, 0.5) is 5.69 Å². The fourth-order valence-corrected chi connectivity index (χ4v) is 3.08. The van der Waals surface area contributed by atoms with Gasteiger partial charge in [0.2, 0.25) is 0 Å². The lowest BCUT2D eigenvalue weighted by molar-refractivity contribution is -0.707. The van der Waals surface area contributed by atoms with Gasteiger partial charge in [0, 0.05) is 5.69 Å². The van der Waals surface area contributed by atoms with Gasteiger partial charge in [0.05, 0.1) is 6.04 Å². The Labute approximate surface area is 128 Å². The second-order valence-electron chi connectivity index (χ2n) is 6.27. The predicted molar refractivity (Wildman–Crippen MR) is 87.3 cm³/mol. The number of rotatable bonds is 5. The number of nitrogens with one attached hydrogen (secondary N) is 1. The molecule has 0 unspecified atom stereocenters. The molecule has 0 radical (unpaired) electrons. The molecule has 0 heterocycles. The van der Waals surface area contributed by atoms with Crippen molar-refractivity contribution in [3.8, 4) is 0 Å². The largest absolute Gasteiger partial charge is 0.334 e. The van der Waals surface area contributed by atoms with Crippen molar-refractivity contribution in [1.82, 2.24) is 0 Å². The number of benzene rings is 1. The van der Waals surface area contributed by atoms with Crippen LogP contribution in [0.2, 0.25) is 0 Å². The Hall–Kier alpha value is -1.35. The molecule has 21 heavy (non-hydrogen) atoms. The van der Waals surface area contributed by atoms with Crippen molar-refractivity contribution in [2.75, 3.05) is 5.32 Å². The molecule has 3 N–H and O–H groups in total. The summed E-state index contributed by atoms with van der Waals surface area (Å²) < 4.78 is 0. The van der Waals surface area contributed by atoms with Crippen molar-refractivity contribution in [3.63, 3.8) is 0 Å². The normalized spacial score (nSPS) is 18.0. The Morgan fingerprint density at radius 1 is 1.19 bits per heavy atom. The van der Waals surface area contributed by atoms with Crippen molar-refractivity contribution < 1.29 is 10.1 Å². The third kappa shape index (κ3) is 5.16. The van der Waals surface area contributed by atoms with Crippen LogP contribution in [0, 0.1) is 0 Å². The van der Waals surface area contributed by atoms with E-state index in [-0.39, 0.29) is 11.9 Å². The number of amides is 1. The number of aryl methyl sites for hydroxylation is 1. The first-order chi connectivity index (χ1) is 10.2. The lowest BCUT2D eigenvalue weighted by Crippen LogP contribution is -2.96. The molecule has 2 rings (SSSR count). The number of quaternary nitrogens is 1. The van der Waals surface area contributed by atoms with Gasteiger partial charge in [-0.15, -0.1) is 0 Å². The maximum atomic E-state index is 12.3. The summed E-state index contributed by atoms with van der Waals surface area (Å²) in [6.45, 7) is 4.15. The second kappa shape index (κ2) is 8.18. The highest BCUT2D eigenvalue weighted by molar-refractivity contribution is 5.93. The van der Waals surface area contributed by atoms with E-state index in [2.05, 4.69) is 29.7 Å². The van der Waals surface area contributed by atoms with Crippen LogP contribution in [0.15, 0.2) is 24.3 Å². The number of carbonyl (C=O) groups is 1. The minimum atomic E-state index is -0.0149. The average Bonchev–Trinajstić information content (AvgIpc) is 2.76. The summed E-state index contributed by atoms with van der Waals surface area (Å²) in [4.78, 5) is 12.3. The molecule has 0 bridgehead atoms. The van der Waals surface area contributed by atoms with E-state index in [1.165, 1.54) is 44.1 Å². The topological polar surface area (TPSA) is 45.7 Å². The molecular formula is C18H29N2O+. The highest BCUT2D eigenvalue weighted by Gasteiger charge is 2.22. The summed E-state index contributed by atoms with van der Waals surface area (Å²) in [7, 11) is 0. The second-order valence-corrected chi connectivity index (χ2v) is 6.27. The minimum Gasteiger partial charge on any atom is -0.334 e. The smallest absolute Gasteiger partial charge is 0.282 e. The van der Waals surface area contributed by atoms with E-state index >= 15 is 0 Å². The minimum absolute atomic E-state index is 0.0149. The number of anilines is 1. The Bertz CT molecular complexity index is 433. The molecule has 3 nitrogen and oxygen atoms in total. The zero-order valence-electron chi connectivity index (χ0n) is 13.4. The van der Waals surface area contributed by atoms with Crippen molar-refractivity contribution >= 4 is 11.6 Å². The van der Waals surface area contributed by atoms with E-state index < -0.39 is 0 Å². The van der Waals surface area contributed by atoms with Gasteiger partial charge in [-0.3, -0.25) is 4.79 Å². The number of hydrogen-bond donors (Lipinski definition) is 2. The SMILES string of the molecule is CCc1ccc(NC(=O)[C@H](C)[NH2+]C2CCCCCC2)cc1. The fourth-order valence-electron chi connectivity index (χ4n) is 3.08. The van der Waals surface area contributed by atoms with Gasteiger partial charge < -0.3 is 10.6 Å². The van der Waals surface area contributed by atoms with Gasteiger partial charge in [-0.25, -0.2) is 0 Å². The van der Waals surface area contributed by atoms with E-state index in [1.54, 1.807) is 0 Å². The molecule has 1 aromatic carbocycles. The van der Waals surface area contributed by atoms with Gasteiger partial charge in [0.25, 0.3) is 5.91 Å². The maximum absolute atomic E-state index is 12.3. The van der Waals surface area contributed by atoms with E-state index in [0.717, 1.165) is 12.1 Å². The molecule has 3 heteroatoms. The third-order valence-corrected chi connectivity index (χ3v) is 4.50.